The van der Waals surface area contributed by atoms with Crippen LogP contribution in [-0.4, -0.2) is 23.8 Å². The number of aliphatic hydroxyl groups excluding tert-OH is 1. The lowest BCUT2D eigenvalue weighted by Gasteiger charge is -2.29. The van der Waals surface area contributed by atoms with Crippen LogP contribution in [0.4, 0.5) is 0 Å². The van der Waals surface area contributed by atoms with Gasteiger partial charge in [0.25, 0.3) is 0 Å². The summed E-state index contributed by atoms with van der Waals surface area (Å²) in [4.78, 5) is 0. The first-order chi connectivity index (χ1) is 6.08. The van der Waals surface area contributed by atoms with Crippen molar-refractivity contribution in [3.8, 4) is 0 Å². The lowest BCUT2D eigenvalue weighted by Crippen LogP contribution is -2.46. The summed E-state index contributed by atoms with van der Waals surface area (Å²) in [5.74, 6) is 0.711. The second-order valence-corrected chi connectivity index (χ2v) is 4.35. The molecule has 2 heteroatoms. The highest BCUT2D eigenvalue weighted by Gasteiger charge is 2.20. The van der Waals surface area contributed by atoms with Crippen LogP contribution in [-0.2, 0) is 0 Å². The van der Waals surface area contributed by atoms with Gasteiger partial charge in [-0.25, -0.2) is 0 Å². The van der Waals surface area contributed by atoms with E-state index in [2.05, 4.69) is 33.0 Å². The maximum atomic E-state index is 9.17. The number of nitrogens with one attached hydrogen (secondary N) is 1. The van der Waals surface area contributed by atoms with E-state index in [1.54, 1.807) is 0 Å². The van der Waals surface area contributed by atoms with Gasteiger partial charge in [-0.15, -0.1) is 0 Å². The molecule has 0 bridgehead atoms. The third-order valence-corrected chi connectivity index (χ3v) is 2.79. The zero-order valence-electron chi connectivity index (χ0n) is 9.56. The number of hydrogen-bond acceptors (Lipinski definition) is 2. The Morgan fingerprint density at radius 3 is 2.38 bits per heavy atom. The first kappa shape index (κ1) is 12.9. The third-order valence-electron chi connectivity index (χ3n) is 2.79. The van der Waals surface area contributed by atoms with Crippen molar-refractivity contribution in [2.45, 2.75) is 52.5 Å². The third kappa shape index (κ3) is 5.27. The molecule has 0 rings (SSSR count). The van der Waals surface area contributed by atoms with Crippen molar-refractivity contribution in [2.24, 2.45) is 5.92 Å². The Kier molecular flexibility index (Phi) is 6.35. The standard InChI is InChI=1S/C11H25NO/c1-5-7-10(3)8-12-11(4,6-2)9-13/h10,12-13H,5-9H2,1-4H3. The molecule has 0 aromatic heterocycles. The Labute approximate surface area is 82.7 Å². The number of hydrogen-bond donors (Lipinski definition) is 2. The van der Waals surface area contributed by atoms with Gasteiger partial charge in [-0.1, -0.05) is 27.2 Å². The zero-order chi connectivity index (χ0) is 10.3. The smallest absolute Gasteiger partial charge is 0.0610 e. The summed E-state index contributed by atoms with van der Waals surface area (Å²) in [5, 5.41) is 12.6. The molecule has 2 nitrogen and oxygen atoms in total. The van der Waals surface area contributed by atoms with Crippen molar-refractivity contribution in [1.29, 1.82) is 0 Å². The van der Waals surface area contributed by atoms with E-state index in [1.165, 1.54) is 12.8 Å². The quantitative estimate of drug-likeness (QED) is 0.640. The van der Waals surface area contributed by atoms with Gasteiger partial charge in [0, 0.05) is 5.54 Å². The van der Waals surface area contributed by atoms with E-state index in [0.717, 1.165) is 13.0 Å². The lowest BCUT2D eigenvalue weighted by atomic mass is 9.98. The molecule has 0 radical (unpaired) electrons. The van der Waals surface area contributed by atoms with Gasteiger partial charge in [-0.2, -0.15) is 0 Å². The lowest BCUT2D eigenvalue weighted by molar-refractivity contribution is 0.165. The summed E-state index contributed by atoms with van der Waals surface area (Å²) in [5.41, 5.74) is -0.0813. The van der Waals surface area contributed by atoms with E-state index in [0.29, 0.717) is 5.92 Å². The van der Waals surface area contributed by atoms with Gasteiger partial charge >= 0.3 is 0 Å². The molecular formula is C11H25NO. The zero-order valence-corrected chi connectivity index (χ0v) is 9.56. The van der Waals surface area contributed by atoms with Crippen molar-refractivity contribution < 1.29 is 5.11 Å². The Hall–Kier alpha value is -0.0800. The number of aliphatic hydroxyl groups is 1. The minimum Gasteiger partial charge on any atom is -0.394 e. The highest BCUT2D eigenvalue weighted by atomic mass is 16.3. The SMILES string of the molecule is CCCC(C)CNC(C)(CC)CO. The van der Waals surface area contributed by atoms with Gasteiger partial charge in [-0.3, -0.25) is 0 Å². The largest absolute Gasteiger partial charge is 0.394 e. The molecule has 80 valence electrons. The highest BCUT2D eigenvalue weighted by molar-refractivity contribution is 4.80. The summed E-state index contributed by atoms with van der Waals surface area (Å²) in [6.07, 6.45) is 3.48. The van der Waals surface area contributed by atoms with Crippen LogP contribution in [0.2, 0.25) is 0 Å². The van der Waals surface area contributed by atoms with E-state index in [9.17, 15) is 0 Å². The molecule has 2 atom stereocenters. The van der Waals surface area contributed by atoms with E-state index in [-0.39, 0.29) is 12.1 Å². The van der Waals surface area contributed by atoms with Crippen LogP contribution in [0, 0.1) is 5.92 Å². The summed E-state index contributed by atoms with van der Waals surface area (Å²) < 4.78 is 0. The maximum Gasteiger partial charge on any atom is 0.0610 e. The van der Waals surface area contributed by atoms with Gasteiger partial charge in [0.2, 0.25) is 0 Å². The predicted octanol–water partition coefficient (Wildman–Crippen LogP) is 2.17. The summed E-state index contributed by atoms with van der Waals surface area (Å²) in [6.45, 7) is 9.88. The minimum absolute atomic E-state index is 0.0813. The molecular weight excluding hydrogens is 162 g/mol. The molecule has 0 saturated heterocycles. The van der Waals surface area contributed by atoms with E-state index in [4.69, 9.17) is 5.11 Å². The van der Waals surface area contributed by atoms with Crippen molar-refractivity contribution in [1.82, 2.24) is 5.32 Å². The van der Waals surface area contributed by atoms with Crippen LogP contribution < -0.4 is 5.32 Å². The molecule has 0 aliphatic heterocycles. The summed E-state index contributed by atoms with van der Waals surface area (Å²) in [6, 6.07) is 0. The molecule has 0 saturated carbocycles. The highest BCUT2D eigenvalue weighted by Crippen LogP contribution is 2.10. The van der Waals surface area contributed by atoms with Crippen molar-refractivity contribution >= 4 is 0 Å². The van der Waals surface area contributed by atoms with Gasteiger partial charge in [0.1, 0.15) is 0 Å². The molecule has 0 heterocycles. The predicted molar refractivity (Wildman–Crippen MR) is 57.9 cm³/mol. The molecule has 13 heavy (non-hydrogen) atoms. The first-order valence-corrected chi connectivity index (χ1v) is 5.43. The fourth-order valence-electron chi connectivity index (χ4n) is 1.31. The molecule has 2 unspecified atom stereocenters. The van der Waals surface area contributed by atoms with Crippen LogP contribution in [0.5, 0.6) is 0 Å². The van der Waals surface area contributed by atoms with Crippen LogP contribution >= 0.6 is 0 Å². The molecule has 2 N–H and O–H groups in total. The topological polar surface area (TPSA) is 32.3 Å². The fourth-order valence-corrected chi connectivity index (χ4v) is 1.31. The number of rotatable bonds is 7. The van der Waals surface area contributed by atoms with Crippen LogP contribution in [0.1, 0.15) is 47.0 Å². The normalized spacial score (nSPS) is 18.2. The van der Waals surface area contributed by atoms with Crippen LogP contribution in [0.25, 0.3) is 0 Å². The molecule has 0 aromatic rings. The van der Waals surface area contributed by atoms with E-state index >= 15 is 0 Å². The molecule has 0 aliphatic carbocycles. The Bertz CT molecular complexity index is 121. The molecule has 0 amide bonds. The fraction of sp³-hybridized carbons (Fsp3) is 1.00. The van der Waals surface area contributed by atoms with Gasteiger partial charge in [0.15, 0.2) is 0 Å². The second kappa shape index (κ2) is 6.39. The van der Waals surface area contributed by atoms with Crippen LogP contribution in [0.3, 0.4) is 0 Å². The molecule has 0 fully saturated rings. The Morgan fingerprint density at radius 1 is 1.38 bits per heavy atom. The van der Waals surface area contributed by atoms with Crippen LogP contribution in [0.15, 0.2) is 0 Å². The monoisotopic (exact) mass is 187 g/mol. The van der Waals surface area contributed by atoms with Crippen molar-refractivity contribution in [3.63, 3.8) is 0 Å². The molecule has 0 spiro atoms. The minimum atomic E-state index is -0.0813. The second-order valence-electron chi connectivity index (χ2n) is 4.35. The van der Waals surface area contributed by atoms with E-state index < -0.39 is 0 Å². The maximum absolute atomic E-state index is 9.17. The van der Waals surface area contributed by atoms with Gasteiger partial charge < -0.3 is 10.4 Å². The molecule has 0 aliphatic rings. The molecule has 0 aromatic carbocycles. The van der Waals surface area contributed by atoms with E-state index in [1.807, 2.05) is 0 Å². The summed E-state index contributed by atoms with van der Waals surface area (Å²) in [7, 11) is 0. The average Bonchev–Trinajstić information content (AvgIpc) is 2.15. The summed E-state index contributed by atoms with van der Waals surface area (Å²) >= 11 is 0. The van der Waals surface area contributed by atoms with Crippen molar-refractivity contribution in [3.05, 3.63) is 0 Å². The Morgan fingerprint density at radius 2 is 2.00 bits per heavy atom. The van der Waals surface area contributed by atoms with Gasteiger partial charge in [-0.05, 0) is 32.2 Å². The van der Waals surface area contributed by atoms with Crippen molar-refractivity contribution in [2.75, 3.05) is 13.2 Å². The van der Waals surface area contributed by atoms with Gasteiger partial charge in [0.05, 0.1) is 6.61 Å². The first-order valence-electron chi connectivity index (χ1n) is 5.43. The Balaban J connectivity index is 3.71. The average molecular weight is 187 g/mol.